The van der Waals surface area contributed by atoms with Crippen molar-refractivity contribution in [2.24, 2.45) is 14.0 Å². The van der Waals surface area contributed by atoms with Crippen molar-refractivity contribution in [1.82, 2.24) is 18.7 Å². The molecule has 1 aliphatic rings. The maximum absolute atomic E-state index is 9.04. The molecule has 0 fully saturated rings. The summed E-state index contributed by atoms with van der Waals surface area (Å²) in [6, 6.07) is 61.4. The summed E-state index contributed by atoms with van der Waals surface area (Å²) < 4.78 is 66.1. The van der Waals surface area contributed by atoms with Gasteiger partial charge in [0.15, 0.2) is 0 Å². The fourth-order valence-electron chi connectivity index (χ4n) is 10.6. The van der Waals surface area contributed by atoms with E-state index >= 15 is 0 Å². The van der Waals surface area contributed by atoms with Crippen LogP contribution in [0.5, 0.6) is 11.5 Å². The van der Waals surface area contributed by atoms with Gasteiger partial charge >= 0.3 is 0 Å². The van der Waals surface area contributed by atoms with Gasteiger partial charge in [0.1, 0.15) is 5.82 Å². The van der Waals surface area contributed by atoms with Crippen LogP contribution in [-0.2, 0) is 45.8 Å². The van der Waals surface area contributed by atoms with Gasteiger partial charge < -0.3 is 28.2 Å². The van der Waals surface area contributed by atoms with Crippen molar-refractivity contribution >= 4 is 88.2 Å². The zero-order valence-electron chi connectivity index (χ0n) is 46.7. The number of ether oxygens (including phenoxy) is 1. The van der Waals surface area contributed by atoms with Crippen molar-refractivity contribution in [2.45, 2.75) is 52.4 Å². The Morgan fingerprint density at radius 1 is 0.514 bits per heavy atom. The van der Waals surface area contributed by atoms with Crippen LogP contribution < -0.4 is 14.5 Å². The summed E-state index contributed by atoms with van der Waals surface area (Å²) >= 11 is 0. The van der Waals surface area contributed by atoms with E-state index in [1.165, 1.54) is 9.13 Å². The van der Waals surface area contributed by atoms with Crippen LogP contribution in [0.4, 0.5) is 22.7 Å². The Morgan fingerprint density at radius 3 is 1.82 bits per heavy atom. The van der Waals surface area contributed by atoms with Gasteiger partial charge in [0.2, 0.25) is 0 Å². The molecule has 13 rings (SSSR count). The number of hydrogen-bond acceptors (Lipinski definition) is 4. The second-order valence-corrected chi connectivity index (χ2v) is 20.7. The van der Waals surface area contributed by atoms with Crippen LogP contribution in [-0.4, -0.2) is 18.7 Å². The van der Waals surface area contributed by atoms with Gasteiger partial charge in [0.05, 0.1) is 16.7 Å². The molecule has 12 aromatic rings. The molecule has 4 aromatic heterocycles. The molecule has 0 atom stereocenters. The summed E-state index contributed by atoms with van der Waals surface area (Å²) in [5, 5.41) is 4.93. The fraction of sp³-hybridized carbons (Fsp3) is 0.156. The van der Waals surface area contributed by atoms with Gasteiger partial charge in [-0.25, -0.2) is 4.98 Å². The average molecular weight is 1120 g/mol. The zero-order valence-corrected chi connectivity index (χ0v) is 42.9. The molecule has 0 amide bonds. The Kier molecular flexibility index (Phi) is 9.09. The zero-order chi connectivity index (χ0) is 53.5. The van der Waals surface area contributed by atoms with Crippen LogP contribution in [0.1, 0.15) is 60.9 Å². The van der Waals surface area contributed by atoms with E-state index in [4.69, 9.17) is 17.9 Å². The summed E-state index contributed by atoms with van der Waals surface area (Å²) in [7, 11) is 0. The van der Waals surface area contributed by atoms with Gasteiger partial charge in [-0.1, -0.05) is 138 Å². The van der Waals surface area contributed by atoms with Crippen LogP contribution in [0.25, 0.3) is 82.4 Å². The second kappa shape index (κ2) is 16.7. The Hall–Kier alpha value is -7.60. The van der Waals surface area contributed by atoms with Gasteiger partial charge in [-0.15, -0.1) is 53.6 Å². The molecule has 358 valence electrons. The van der Waals surface area contributed by atoms with Crippen LogP contribution in [0.15, 0.2) is 170 Å². The monoisotopic (exact) mass is 1120 g/mol. The molecule has 0 unspecified atom stereocenters. The van der Waals surface area contributed by atoms with E-state index in [0.717, 1.165) is 66.3 Å². The molecule has 0 bridgehead atoms. The van der Waals surface area contributed by atoms with E-state index < -0.39 is 14.0 Å². The molecular formula is C64H53N6OPt-3. The third-order valence-electron chi connectivity index (χ3n) is 14.2. The minimum absolute atomic E-state index is 0. The molecule has 0 saturated carbocycles. The Labute approximate surface area is 443 Å². The number of hydrogen-bond donors (Lipinski definition) is 0. The largest absolute Gasteiger partial charge is 0.509 e. The number of para-hydroxylation sites is 4. The molecule has 0 aliphatic carbocycles. The number of pyridine rings is 1. The maximum atomic E-state index is 9.04. The molecule has 0 radical (unpaired) electrons. The predicted molar refractivity (Wildman–Crippen MR) is 295 cm³/mol. The Balaban J connectivity index is 0.00000609. The fourth-order valence-corrected chi connectivity index (χ4v) is 10.6. The molecule has 5 heterocycles. The number of anilines is 4. The van der Waals surface area contributed by atoms with Gasteiger partial charge in [-0.05, 0) is 81.4 Å². The average Bonchev–Trinajstić information content (AvgIpc) is 3.18. The maximum Gasteiger partial charge on any atom is 0.135 e. The summed E-state index contributed by atoms with van der Waals surface area (Å²) in [6.45, 7) is 9.70. The molecule has 0 spiro atoms. The quantitative estimate of drug-likeness (QED) is 0.156. The summed E-state index contributed by atoms with van der Waals surface area (Å²) in [4.78, 5) is 8.92. The normalized spacial score (nSPS) is 14.6. The SMILES string of the molecule is [2H]C([2H])([2H])n1c2ccccc2c2cc3c4ccccc4n(C([2H])([2H])[2H])c3c(N3[CH-]N(c4[c-]c(Oc5[c-]c6c(cc5)c5cc(-c7ccccc7)ccc5n6-c5cc(C(C)(C)C)ccn5)cc(C(C)(C)C)c4)c4ccccc43)c21.[Pt]. The van der Waals surface area contributed by atoms with Crippen molar-refractivity contribution in [3.05, 3.63) is 200 Å². The van der Waals surface area contributed by atoms with Crippen molar-refractivity contribution in [3.63, 3.8) is 0 Å². The van der Waals surface area contributed by atoms with E-state index in [2.05, 4.69) is 125 Å². The first kappa shape index (κ1) is 39.1. The van der Waals surface area contributed by atoms with Crippen LogP contribution in [0, 0.1) is 18.8 Å². The van der Waals surface area contributed by atoms with Crippen LogP contribution in [0.2, 0.25) is 0 Å². The number of benzene rings is 8. The first-order valence-corrected chi connectivity index (χ1v) is 24.0. The Morgan fingerprint density at radius 2 is 1.15 bits per heavy atom. The number of nitrogens with zero attached hydrogens (tertiary/aromatic N) is 6. The van der Waals surface area contributed by atoms with Gasteiger partial charge in [0.25, 0.3) is 0 Å². The van der Waals surface area contributed by atoms with E-state index in [9.17, 15) is 0 Å². The van der Waals surface area contributed by atoms with Gasteiger partial charge in [-0.2, -0.15) is 6.07 Å². The molecule has 0 N–H and O–H groups in total. The summed E-state index contributed by atoms with van der Waals surface area (Å²) in [5.74, 6) is 1.73. The molecule has 0 saturated heterocycles. The van der Waals surface area contributed by atoms with Crippen LogP contribution in [0.3, 0.4) is 0 Å². The van der Waals surface area contributed by atoms with Crippen molar-refractivity contribution in [1.29, 1.82) is 0 Å². The van der Waals surface area contributed by atoms with E-state index in [-0.39, 0.29) is 31.9 Å². The minimum Gasteiger partial charge on any atom is -0.509 e. The van der Waals surface area contributed by atoms with Crippen molar-refractivity contribution < 1.29 is 34.0 Å². The molecular weight excluding hydrogens is 1060 g/mol. The third kappa shape index (κ3) is 7.15. The molecule has 1 aliphatic heterocycles. The first-order chi connectivity index (χ1) is 36.7. The van der Waals surface area contributed by atoms with Crippen molar-refractivity contribution in [2.75, 3.05) is 9.80 Å². The van der Waals surface area contributed by atoms with E-state index in [0.29, 0.717) is 61.4 Å². The number of rotatable bonds is 6. The van der Waals surface area contributed by atoms with Crippen LogP contribution >= 0.6 is 0 Å². The van der Waals surface area contributed by atoms with E-state index in [1.54, 1.807) is 0 Å². The number of aryl methyl sites for hydroxylation is 2. The number of aromatic nitrogens is 4. The smallest absolute Gasteiger partial charge is 0.135 e. The standard InChI is InChI=1S/C64H53N6O.Pt/c1-63(2,3)42-30-31-65-59(35-42)70-55-29-26-41(40-18-10-9-11-19-40)32-50(55)49-28-27-45(37-58(49)70)71-46-34-43(64(4,5)6)33-44(36-46)68-39-69(57-25-17-16-24-56(57)68)62-60-51(47-20-12-14-22-53(47)66(60)7)38-52-48-21-13-15-23-54(48)67(8)61(52)62;/h9-35,38-39H,1-8H3;/q-3;/i7D3,8D3;. The summed E-state index contributed by atoms with van der Waals surface area (Å²) in [5.41, 5.74) is 10.1. The molecule has 8 aromatic carbocycles. The topological polar surface area (TPSA) is 43.4 Å². The molecule has 7 nitrogen and oxygen atoms in total. The molecule has 72 heavy (non-hydrogen) atoms. The third-order valence-corrected chi connectivity index (χ3v) is 14.2. The second-order valence-electron chi connectivity index (χ2n) is 20.7. The summed E-state index contributed by atoms with van der Waals surface area (Å²) in [6.07, 6.45) is 1.87. The molecule has 8 heteroatoms. The number of fused-ring (bicyclic) bond motifs is 10. The van der Waals surface area contributed by atoms with Crippen molar-refractivity contribution in [3.8, 4) is 28.4 Å². The van der Waals surface area contributed by atoms with Gasteiger partial charge in [0, 0.05) is 110 Å². The van der Waals surface area contributed by atoms with E-state index in [1.807, 2.05) is 120 Å². The van der Waals surface area contributed by atoms with Gasteiger partial charge in [-0.3, -0.25) is 0 Å². The Bertz CT molecular complexity index is 4260. The first-order valence-electron chi connectivity index (χ1n) is 27.0. The predicted octanol–water partition coefficient (Wildman–Crippen LogP) is 16.5. The minimum atomic E-state index is -2.65.